The fraction of sp³-hybridized carbons (Fsp3) is 0.348. The summed E-state index contributed by atoms with van der Waals surface area (Å²) in [5, 5.41) is 5.22. The van der Waals surface area contributed by atoms with Crippen molar-refractivity contribution >= 4 is 33.6 Å². The highest BCUT2D eigenvalue weighted by Gasteiger charge is 2.38. The van der Waals surface area contributed by atoms with Crippen molar-refractivity contribution in [2.45, 2.75) is 36.6 Å². The minimum atomic E-state index is -3.62. The fourth-order valence-corrected chi connectivity index (χ4v) is 5.60. The molecular weight excluding hydrogens is 444 g/mol. The van der Waals surface area contributed by atoms with Crippen LogP contribution in [0.25, 0.3) is 0 Å². The summed E-state index contributed by atoms with van der Waals surface area (Å²) in [7, 11) is -3.62. The number of amides is 4. The molecule has 10 heteroatoms. The molecule has 0 spiro atoms. The topological polar surface area (TPSA) is 116 Å². The van der Waals surface area contributed by atoms with E-state index in [4.69, 9.17) is 0 Å². The zero-order chi connectivity index (χ0) is 23.4. The number of sulfonamides is 1. The van der Waals surface area contributed by atoms with Crippen molar-refractivity contribution in [2.24, 2.45) is 0 Å². The number of anilines is 1. The van der Waals surface area contributed by atoms with Crippen LogP contribution in [0.1, 0.15) is 24.8 Å². The average molecular weight is 471 g/mol. The highest BCUT2D eigenvalue weighted by Crippen LogP contribution is 2.23. The van der Waals surface area contributed by atoms with E-state index in [1.807, 2.05) is 30.3 Å². The van der Waals surface area contributed by atoms with Gasteiger partial charge < -0.3 is 10.6 Å². The number of hydrogen-bond donors (Lipinski definition) is 2. The van der Waals surface area contributed by atoms with E-state index in [-0.39, 0.29) is 10.6 Å². The smallest absolute Gasteiger partial charge is 0.325 e. The minimum Gasteiger partial charge on any atom is -0.326 e. The Labute approximate surface area is 192 Å². The molecule has 174 valence electrons. The third-order valence-electron chi connectivity index (χ3n) is 5.79. The lowest BCUT2D eigenvalue weighted by Crippen LogP contribution is -2.38. The second kappa shape index (κ2) is 9.72. The Morgan fingerprint density at radius 3 is 2.48 bits per heavy atom. The van der Waals surface area contributed by atoms with Crippen LogP contribution < -0.4 is 10.6 Å². The van der Waals surface area contributed by atoms with E-state index >= 15 is 0 Å². The maximum atomic E-state index is 12.7. The monoisotopic (exact) mass is 470 g/mol. The van der Waals surface area contributed by atoms with Gasteiger partial charge in [-0.3, -0.25) is 14.5 Å². The molecule has 2 saturated heterocycles. The van der Waals surface area contributed by atoms with Gasteiger partial charge in [-0.25, -0.2) is 13.2 Å². The Hall–Kier alpha value is -3.24. The zero-order valence-corrected chi connectivity index (χ0v) is 18.9. The maximum absolute atomic E-state index is 12.7. The van der Waals surface area contributed by atoms with Crippen LogP contribution in [0.2, 0.25) is 0 Å². The van der Waals surface area contributed by atoms with E-state index < -0.39 is 40.5 Å². The first-order valence-corrected chi connectivity index (χ1v) is 12.3. The van der Waals surface area contributed by atoms with Gasteiger partial charge in [-0.2, -0.15) is 4.31 Å². The second-order valence-corrected chi connectivity index (χ2v) is 10.1. The van der Waals surface area contributed by atoms with Crippen molar-refractivity contribution in [2.75, 3.05) is 25.0 Å². The summed E-state index contributed by atoms with van der Waals surface area (Å²) in [4.78, 5) is 38.4. The van der Waals surface area contributed by atoms with Gasteiger partial charge in [-0.1, -0.05) is 36.4 Å². The molecule has 2 fully saturated rings. The summed E-state index contributed by atoms with van der Waals surface area (Å²) in [6.45, 7) is 0.517. The Kier molecular flexibility index (Phi) is 6.75. The molecule has 1 unspecified atom stereocenters. The summed E-state index contributed by atoms with van der Waals surface area (Å²) >= 11 is 0. The summed E-state index contributed by atoms with van der Waals surface area (Å²) in [6.07, 6.45) is 2.71. The van der Waals surface area contributed by atoms with Gasteiger partial charge in [0.25, 0.3) is 5.91 Å². The molecule has 9 nitrogen and oxygen atoms in total. The zero-order valence-electron chi connectivity index (χ0n) is 18.1. The fourth-order valence-electron chi connectivity index (χ4n) is 4.03. The van der Waals surface area contributed by atoms with Crippen LogP contribution in [-0.4, -0.2) is 61.1 Å². The number of rotatable bonds is 8. The van der Waals surface area contributed by atoms with E-state index in [1.54, 1.807) is 12.1 Å². The number of imide groups is 1. The quantitative estimate of drug-likeness (QED) is 0.572. The van der Waals surface area contributed by atoms with Gasteiger partial charge in [0.15, 0.2) is 0 Å². The number of urea groups is 1. The number of aryl methyl sites for hydroxylation is 1. The number of nitrogens with zero attached hydrogens (tertiary/aromatic N) is 2. The lowest BCUT2D eigenvalue weighted by atomic mass is 10.1. The summed E-state index contributed by atoms with van der Waals surface area (Å²) in [5.74, 6) is -1.03. The van der Waals surface area contributed by atoms with Crippen LogP contribution in [0.3, 0.4) is 0 Å². The SMILES string of the molecule is O=C(CN1C(=O)NC(CCc2ccccc2)C1=O)Nc1cccc(S(=O)(=O)N2CCCC2)c1. The van der Waals surface area contributed by atoms with Gasteiger partial charge in [0.1, 0.15) is 12.6 Å². The maximum Gasteiger partial charge on any atom is 0.325 e. The number of carbonyl (C=O) groups excluding carboxylic acids is 3. The normalized spacial score (nSPS) is 19.0. The standard InChI is InChI=1S/C23H26N4O5S/c28-21(24-18-9-6-10-19(15-18)33(31,32)26-13-4-5-14-26)16-27-22(29)20(25-23(27)30)12-11-17-7-2-1-3-8-17/h1-3,6-10,15,20H,4-5,11-14,16H2,(H,24,28)(H,25,30). The third kappa shape index (κ3) is 5.23. The minimum absolute atomic E-state index is 0.0955. The van der Waals surface area contributed by atoms with Crippen LogP contribution >= 0.6 is 0 Å². The molecule has 0 aliphatic carbocycles. The number of benzene rings is 2. The molecule has 33 heavy (non-hydrogen) atoms. The van der Waals surface area contributed by atoms with Crippen LogP contribution in [0.15, 0.2) is 59.5 Å². The second-order valence-electron chi connectivity index (χ2n) is 8.14. The predicted molar refractivity (Wildman–Crippen MR) is 122 cm³/mol. The molecule has 0 radical (unpaired) electrons. The van der Waals surface area contributed by atoms with Gasteiger partial charge >= 0.3 is 6.03 Å². The van der Waals surface area contributed by atoms with Gasteiger partial charge in [0.2, 0.25) is 15.9 Å². The van der Waals surface area contributed by atoms with E-state index in [1.165, 1.54) is 16.4 Å². The van der Waals surface area contributed by atoms with Gasteiger partial charge in [-0.05, 0) is 49.4 Å². The molecule has 2 aromatic rings. The average Bonchev–Trinajstić information content (AvgIpc) is 3.44. The Morgan fingerprint density at radius 2 is 1.76 bits per heavy atom. The van der Waals surface area contributed by atoms with Crippen molar-refractivity contribution < 1.29 is 22.8 Å². The van der Waals surface area contributed by atoms with Crippen molar-refractivity contribution in [1.29, 1.82) is 0 Å². The Bertz CT molecular complexity index is 1150. The summed E-state index contributed by atoms with van der Waals surface area (Å²) in [5.41, 5.74) is 1.34. The first kappa shape index (κ1) is 22.9. The highest BCUT2D eigenvalue weighted by atomic mass is 32.2. The van der Waals surface area contributed by atoms with E-state index in [2.05, 4.69) is 10.6 Å². The molecule has 0 aromatic heterocycles. The first-order chi connectivity index (χ1) is 15.8. The number of nitrogens with one attached hydrogen (secondary N) is 2. The molecule has 2 heterocycles. The molecule has 4 amide bonds. The van der Waals surface area contributed by atoms with Crippen LogP contribution in [0.4, 0.5) is 10.5 Å². The summed E-state index contributed by atoms with van der Waals surface area (Å²) in [6, 6.07) is 14.3. The largest absolute Gasteiger partial charge is 0.326 e. The molecule has 0 saturated carbocycles. The van der Waals surface area contributed by atoms with Gasteiger partial charge in [0.05, 0.1) is 4.90 Å². The number of hydrogen-bond acceptors (Lipinski definition) is 5. The van der Waals surface area contributed by atoms with Crippen molar-refractivity contribution in [3.63, 3.8) is 0 Å². The van der Waals surface area contributed by atoms with E-state index in [9.17, 15) is 22.8 Å². The van der Waals surface area contributed by atoms with E-state index in [0.29, 0.717) is 25.9 Å². The van der Waals surface area contributed by atoms with Crippen LogP contribution in [0, 0.1) is 0 Å². The lowest BCUT2D eigenvalue weighted by Gasteiger charge is -2.17. The molecule has 2 aliphatic rings. The molecular formula is C23H26N4O5S. The molecule has 4 rings (SSSR count). The molecule has 0 bridgehead atoms. The summed E-state index contributed by atoms with van der Waals surface area (Å²) < 4.78 is 26.9. The van der Waals surface area contributed by atoms with Crippen LogP contribution in [0.5, 0.6) is 0 Å². The Morgan fingerprint density at radius 1 is 1.03 bits per heavy atom. The predicted octanol–water partition coefficient (Wildman–Crippen LogP) is 1.96. The molecule has 2 aliphatic heterocycles. The number of carbonyl (C=O) groups is 3. The molecule has 1 atom stereocenters. The van der Waals surface area contributed by atoms with Crippen molar-refractivity contribution in [3.8, 4) is 0 Å². The highest BCUT2D eigenvalue weighted by molar-refractivity contribution is 7.89. The Balaban J connectivity index is 1.35. The van der Waals surface area contributed by atoms with Crippen molar-refractivity contribution in [1.82, 2.24) is 14.5 Å². The molecule has 2 aromatic carbocycles. The molecule has 2 N–H and O–H groups in total. The van der Waals surface area contributed by atoms with Gasteiger partial charge in [0, 0.05) is 18.8 Å². The third-order valence-corrected chi connectivity index (χ3v) is 7.69. The van der Waals surface area contributed by atoms with Gasteiger partial charge in [-0.15, -0.1) is 0 Å². The van der Waals surface area contributed by atoms with Crippen LogP contribution in [-0.2, 0) is 26.0 Å². The van der Waals surface area contributed by atoms with E-state index in [0.717, 1.165) is 23.3 Å². The first-order valence-electron chi connectivity index (χ1n) is 10.9. The lowest BCUT2D eigenvalue weighted by molar-refractivity contribution is -0.130. The van der Waals surface area contributed by atoms with Crippen molar-refractivity contribution in [3.05, 3.63) is 60.2 Å².